The Labute approximate surface area is 182 Å². The van der Waals surface area contributed by atoms with Gasteiger partial charge in [0.05, 0.1) is 24.0 Å². The van der Waals surface area contributed by atoms with E-state index in [-0.39, 0.29) is 18.6 Å². The molecule has 4 rings (SSSR count). The third kappa shape index (κ3) is 4.39. The molecule has 9 nitrogen and oxygen atoms in total. The summed E-state index contributed by atoms with van der Waals surface area (Å²) >= 11 is 0. The van der Waals surface area contributed by atoms with Crippen molar-refractivity contribution in [2.24, 2.45) is 0 Å². The van der Waals surface area contributed by atoms with Crippen LogP contribution in [0.5, 0.6) is 0 Å². The molecule has 1 aliphatic rings. The number of carbonyl (C=O) groups is 1. The minimum atomic E-state index is -4.47. The van der Waals surface area contributed by atoms with Crippen LogP contribution in [0.1, 0.15) is 57.6 Å². The van der Waals surface area contributed by atoms with Crippen LogP contribution < -0.4 is 10.2 Å². The lowest BCUT2D eigenvalue weighted by Crippen LogP contribution is -2.44. The number of fused-ring (bicyclic) bond motifs is 1. The molecule has 12 heteroatoms. The molecule has 1 unspecified atom stereocenters. The van der Waals surface area contributed by atoms with Crippen LogP contribution in [0.15, 0.2) is 12.4 Å². The lowest BCUT2D eigenvalue weighted by Gasteiger charge is -2.24. The molecule has 3 aromatic heterocycles. The van der Waals surface area contributed by atoms with E-state index in [0.717, 1.165) is 25.2 Å². The van der Waals surface area contributed by atoms with Gasteiger partial charge in [0, 0.05) is 25.1 Å². The number of rotatable bonds is 4. The summed E-state index contributed by atoms with van der Waals surface area (Å²) < 4.78 is 40.2. The van der Waals surface area contributed by atoms with Crippen molar-refractivity contribution < 1.29 is 18.0 Å². The van der Waals surface area contributed by atoms with Crippen molar-refractivity contribution >= 4 is 23.0 Å². The second-order valence-corrected chi connectivity index (χ2v) is 8.98. The number of H-pyrrole nitrogens is 1. The van der Waals surface area contributed by atoms with Crippen molar-refractivity contribution in [2.75, 3.05) is 11.4 Å². The Kier molecular flexibility index (Phi) is 5.33. The van der Waals surface area contributed by atoms with Gasteiger partial charge in [0.15, 0.2) is 5.65 Å². The van der Waals surface area contributed by atoms with Crippen molar-refractivity contribution in [3.8, 4) is 0 Å². The molecule has 32 heavy (non-hydrogen) atoms. The molecule has 0 spiro atoms. The summed E-state index contributed by atoms with van der Waals surface area (Å²) in [4.78, 5) is 30.6. The average molecular weight is 450 g/mol. The maximum absolute atomic E-state index is 13.0. The van der Waals surface area contributed by atoms with E-state index in [9.17, 15) is 18.0 Å². The largest absolute Gasteiger partial charge is 0.419 e. The number of halogens is 3. The zero-order valence-corrected chi connectivity index (χ0v) is 18.3. The van der Waals surface area contributed by atoms with E-state index in [1.54, 1.807) is 0 Å². The summed E-state index contributed by atoms with van der Waals surface area (Å²) in [6, 6.07) is 0. The van der Waals surface area contributed by atoms with Crippen LogP contribution in [0.3, 0.4) is 0 Å². The first-order chi connectivity index (χ1) is 14.9. The molecule has 3 aromatic rings. The lowest BCUT2D eigenvalue weighted by molar-refractivity contribution is -0.137. The lowest BCUT2D eigenvalue weighted by atomic mass is 9.95. The molecule has 1 saturated heterocycles. The number of nitrogens with one attached hydrogen (secondary N) is 2. The topological polar surface area (TPSA) is 105 Å². The molecule has 1 aliphatic heterocycles. The van der Waals surface area contributed by atoms with Gasteiger partial charge in [-0.05, 0) is 12.8 Å². The number of aromatic amines is 1. The number of nitrogens with zero attached hydrogens (tertiary/aromatic N) is 6. The van der Waals surface area contributed by atoms with Gasteiger partial charge < -0.3 is 15.2 Å². The van der Waals surface area contributed by atoms with Gasteiger partial charge in [-0.2, -0.15) is 23.3 Å². The highest BCUT2D eigenvalue weighted by Gasteiger charge is 2.33. The number of carbonyl (C=O) groups excluding carboxylic acids is 1. The molecule has 0 radical (unpaired) electrons. The first-order valence-corrected chi connectivity index (χ1v) is 10.3. The van der Waals surface area contributed by atoms with Crippen molar-refractivity contribution in [3.63, 3.8) is 0 Å². The summed E-state index contributed by atoms with van der Waals surface area (Å²) in [5, 5.41) is 6.76. The molecule has 0 aliphatic carbocycles. The van der Waals surface area contributed by atoms with Gasteiger partial charge >= 0.3 is 6.18 Å². The molecule has 2 N–H and O–H groups in total. The van der Waals surface area contributed by atoms with E-state index in [4.69, 9.17) is 0 Å². The highest BCUT2D eigenvalue weighted by molar-refractivity contribution is 5.77. The quantitative estimate of drug-likeness (QED) is 0.633. The number of hydrogen-bond donors (Lipinski definition) is 2. The SMILES string of the molecule is CC(=O)NC1CCCN1c1nc2nc(C(C)(C)C)nc(Cn3cc(C(F)(F)F)cn3)c2[nH]1. The minimum Gasteiger partial charge on any atom is -0.336 e. The van der Waals surface area contributed by atoms with Crippen molar-refractivity contribution in [3.05, 3.63) is 29.5 Å². The molecule has 1 fully saturated rings. The van der Waals surface area contributed by atoms with E-state index in [1.165, 1.54) is 11.6 Å². The van der Waals surface area contributed by atoms with Gasteiger partial charge in [0.25, 0.3) is 0 Å². The molecule has 1 atom stereocenters. The molecule has 1 amide bonds. The summed E-state index contributed by atoms with van der Waals surface area (Å²) in [7, 11) is 0. The van der Waals surface area contributed by atoms with Crippen LogP contribution in [0.4, 0.5) is 19.1 Å². The number of hydrogen-bond acceptors (Lipinski definition) is 6. The van der Waals surface area contributed by atoms with Crippen LogP contribution in [-0.2, 0) is 22.9 Å². The normalized spacial score (nSPS) is 17.3. The highest BCUT2D eigenvalue weighted by atomic mass is 19.4. The first-order valence-electron chi connectivity index (χ1n) is 10.3. The van der Waals surface area contributed by atoms with Crippen molar-refractivity contribution in [1.29, 1.82) is 0 Å². The third-order valence-corrected chi connectivity index (χ3v) is 5.25. The Bertz CT molecular complexity index is 1140. The van der Waals surface area contributed by atoms with E-state index < -0.39 is 17.2 Å². The van der Waals surface area contributed by atoms with Gasteiger partial charge in [-0.3, -0.25) is 9.48 Å². The first kappa shape index (κ1) is 22.0. The molecule has 0 saturated carbocycles. The van der Waals surface area contributed by atoms with E-state index >= 15 is 0 Å². The predicted molar refractivity (Wildman–Crippen MR) is 111 cm³/mol. The number of imidazole rings is 1. The molecule has 0 bridgehead atoms. The molecule has 4 heterocycles. The van der Waals surface area contributed by atoms with Crippen molar-refractivity contribution in [2.45, 2.75) is 64.8 Å². The molecule has 0 aromatic carbocycles. The minimum absolute atomic E-state index is 0.0228. The van der Waals surface area contributed by atoms with E-state index in [0.29, 0.717) is 35.2 Å². The number of aromatic nitrogens is 6. The third-order valence-electron chi connectivity index (χ3n) is 5.25. The van der Waals surface area contributed by atoms with Crippen LogP contribution in [-0.4, -0.2) is 48.3 Å². The van der Waals surface area contributed by atoms with Gasteiger partial charge in [-0.25, -0.2) is 9.97 Å². The maximum atomic E-state index is 13.0. The van der Waals surface area contributed by atoms with Crippen LogP contribution in [0, 0.1) is 0 Å². The van der Waals surface area contributed by atoms with Crippen LogP contribution >= 0.6 is 0 Å². The fourth-order valence-electron chi connectivity index (χ4n) is 3.68. The summed E-state index contributed by atoms with van der Waals surface area (Å²) in [6.07, 6.45) is -1.23. The smallest absolute Gasteiger partial charge is 0.336 e. The zero-order chi connectivity index (χ0) is 23.3. The fourth-order valence-corrected chi connectivity index (χ4v) is 3.68. The summed E-state index contributed by atoms with van der Waals surface area (Å²) in [5.41, 5.74) is 0.234. The molecular formula is C20H25F3N8O. The Balaban J connectivity index is 1.75. The van der Waals surface area contributed by atoms with Gasteiger partial charge in [-0.15, -0.1) is 0 Å². The van der Waals surface area contributed by atoms with Gasteiger partial charge in [-0.1, -0.05) is 20.8 Å². The monoisotopic (exact) mass is 450 g/mol. The number of amides is 1. The van der Waals surface area contributed by atoms with Gasteiger partial charge in [0.1, 0.15) is 17.5 Å². The second kappa shape index (κ2) is 7.75. The Morgan fingerprint density at radius 3 is 2.62 bits per heavy atom. The van der Waals surface area contributed by atoms with Crippen molar-refractivity contribution in [1.82, 2.24) is 35.0 Å². The zero-order valence-electron chi connectivity index (χ0n) is 18.3. The molecular weight excluding hydrogens is 425 g/mol. The highest BCUT2D eigenvalue weighted by Crippen LogP contribution is 2.30. The maximum Gasteiger partial charge on any atom is 0.419 e. The standard InChI is InChI=1S/C20H25F3N8O/c1-11(32)25-14-6-5-7-31(14)18-27-15-13(10-30-9-12(8-24-30)20(21,22)23)26-17(19(2,3)4)28-16(15)29-18/h8-9,14H,5-7,10H2,1-4H3,(H,25,32)(H,26,27,28,29). The Hall–Kier alpha value is -3.18. The number of anilines is 1. The Morgan fingerprint density at radius 1 is 1.25 bits per heavy atom. The predicted octanol–water partition coefficient (Wildman–Crippen LogP) is 2.98. The van der Waals surface area contributed by atoms with E-state index in [2.05, 4.69) is 30.4 Å². The summed E-state index contributed by atoms with van der Waals surface area (Å²) in [6.45, 7) is 8.05. The molecule has 172 valence electrons. The van der Waals surface area contributed by atoms with E-state index in [1.807, 2.05) is 25.7 Å². The number of alkyl halides is 3. The van der Waals surface area contributed by atoms with Crippen LogP contribution in [0.2, 0.25) is 0 Å². The fraction of sp³-hybridized carbons (Fsp3) is 0.550. The average Bonchev–Trinajstić information content (AvgIpc) is 3.38. The Morgan fingerprint density at radius 2 is 2.00 bits per heavy atom. The van der Waals surface area contributed by atoms with Gasteiger partial charge in [0.2, 0.25) is 11.9 Å². The summed E-state index contributed by atoms with van der Waals surface area (Å²) in [5.74, 6) is 0.933. The second-order valence-electron chi connectivity index (χ2n) is 8.98. The van der Waals surface area contributed by atoms with Crippen LogP contribution in [0.25, 0.3) is 11.2 Å².